The third-order valence-corrected chi connectivity index (χ3v) is 5.09. The molecule has 1 unspecified atom stereocenters. The Morgan fingerprint density at radius 2 is 2.30 bits per heavy atom. The van der Waals surface area contributed by atoms with Gasteiger partial charge in [-0.15, -0.1) is 0 Å². The molecule has 2 aliphatic heterocycles. The van der Waals surface area contributed by atoms with Gasteiger partial charge in [-0.2, -0.15) is 0 Å². The number of nitrogens with zero attached hydrogens (tertiary/aromatic N) is 4. The first kappa shape index (κ1) is 17.7. The molecule has 27 heavy (non-hydrogen) atoms. The van der Waals surface area contributed by atoms with Gasteiger partial charge in [-0.25, -0.2) is 9.97 Å². The summed E-state index contributed by atoms with van der Waals surface area (Å²) in [6, 6.07) is 3.02. The number of aryl methyl sites for hydroxylation is 1. The number of hydrogen-bond donors (Lipinski definition) is 1. The summed E-state index contributed by atoms with van der Waals surface area (Å²) in [6.07, 6.45) is 6.10. The van der Waals surface area contributed by atoms with Gasteiger partial charge >= 0.3 is 0 Å². The van der Waals surface area contributed by atoms with Crippen LogP contribution in [-0.2, 0) is 24.8 Å². The second kappa shape index (κ2) is 7.48. The molecular weight excluding hydrogens is 346 g/mol. The van der Waals surface area contributed by atoms with Gasteiger partial charge in [0.25, 0.3) is 11.5 Å². The minimum absolute atomic E-state index is 0.00160. The van der Waals surface area contributed by atoms with Crippen molar-refractivity contribution >= 4 is 11.9 Å². The first-order valence-corrected chi connectivity index (χ1v) is 9.25. The van der Waals surface area contributed by atoms with Crippen molar-refractivity contribution < 1.29 is 9.53 Å². The van der Waals surface area contributed by atoms with Gasteiger partial charge in [-0.1, -0.05) is 0 Å². The van der Waals surface area contributed by atoms with Gasteiger partial charge in [0.05, 0.1) is 18.9 Å². The normalized spacial score (nSPS) is 19.4. The average Bonchev–Trinajstić information content (AvgIpc) is 2.70. The highest BCUT2D eigenvalue weighted by atomic mass is 16.5. The molecule has 0 aromatic carbocycles. The lowest BCUT2D eigenvalue weighted by molar-refractivity contribution is 0.0932. The second-order valence-corrected chi connectivity index (χ2v) is 7.07. The SMILES string of the molecule is Cn1ccc(C(=O)NC2CCCN(c3ncc4c(n3)CCOC4)C2)cc1=O. The minimum Gasteiger partial charge on any atom is -0.376 e. The predicted molar refractivity (Wildman–Crippen MR) is 99.8 cm³/mol. The summed E-state index contributed by atoms with van der Waals surface area (Å²) in [7, 11) is 1.66. The van der Waals surface area contributed by atoms with Crippen LogP contribution in [-0.4, -0.2) is 46.2 Å². The smallest absolute Gasteiger partial charge is 0.251 e. The summed E-state index contributed by atoms with van der Waals surface area (Å²) in [5, 5.41) is 3.04. The van der Waals surface area contributed by atoms with Crippen LogP contribution in [0.2, 0.25) is 0 Å². The zero-order valence-corrected chi connectivity index (χ0v) is 15.4. The second-order valence-electron chi connectivity index (χ2n) is 7.07. The molecule has 1 fully saturated rings. The number of pyridine rings is 1. The molecule has 1 N–H and O–H groups in total. The lowest BCUT2D eigenvalue weighted by Crippen LogP contribution is -2.48. The average molecular weight is 369 g/mol. The van der Waals surface area contributed by atoms with Gasteiger partial charge in [-0.3, -0.25) is 9.59 Å². The van der Waals surface area contributed by atoms with E-state index in [0.29, 0.717) is 31.3 Å². The Bertz CT molecular complexity index is 910. The quantitative estimate of drug-likeness (QED) is 0.854. The highest BCUT2D eigenvalue weighted by Crippen LogP contribution is 2.20. The zero-order valence-electron chi connectivity index (χ0n) is 15.4. The van der Waals surface area contributed by atoms with Gasteiger partial charge < -0.3 is 19.5 Å². The highest BCUT2D eigenvalue weighted by Gasteiger charge is 2.24. The van der Waals surface area contributed by atoms with Gasteiger partial charge in [0.2, 0.25) is 5.95 Å². The summed E-state index contributed by atoms with van der Waals surface area (Å²) < 4.78 is 6.88. The van der Waals surface area contributed by atoms with E-state index in [2.05, 4.69) is 15.2 Å². The standard InChI is InChI=1S/C19H23N5O3/c1-23-7-4-13(9-17(23)25)18(26)21-15-3-2-6-24(11-15)19-20-10-14-12-27-8-5-16(14)22-19/h4,7,9-10,15H,2-3,5-6,8,11-12H2,1H3,(H,21,26). The van der Waals surface area contributed by atoms with Crippen LogP contribution in [0.1, 0.15) is 34.5 Å². The Balaban J connectivity index is 1.44. The van der Waals surface area contributed by atoms with E-state index in [4.69, 9.17) is 9.72 Å². The van der Waals surface area contributed by atoms with Gasteiger partial charge in [0, 0.05) is 62.2 Å². The minimum atomic E-state index is -0.219. The summed E-state index contributed by atoms with van der Waals surface area (Å²) in [6.45, 7) is 2.79. The first-order valence-electron chi connectivity index (χ1n) is 9.25. The van der Waals surface area contributed by atoms with Gasteiger partial charge in [0.15, 0.2) is 0 Å². The number of anilines is 1. The molecule has 1 atom stereocenters. The van der Waals surface area contributed by atoms with Crippen molar-refractivity contribution in [2.75, 3.05) is 24.6 Å². The molecule has 0 saturated carbocycles. The molecule has 0 aliphatic carbocycles. The number of rotatable bonds is 3. The van der Waals surface area contributed by atoms with E-state index >= 15 is 0 Å². The van der Waals surface area contributed by atoms with Crippen molar-refractivity contribution in [2.45, 2.75) is 31.9 Å². The molecular formula is C19H23N5O3. The molecule has 142 valence electrons. The number of carbonyl (C=O) groups is 1. The number of nitrogens with one attached hydrogen (secondary N) is 1. The molecule has 0 radical (unpaired) electrons. The van der Waals surface area contributed by atoms with Crippen LogP contribution in [0.3, 0.4) is 0 Å². The van der Waals surface area contributed by atoms with E-state index in [9.17, 15) is 9.59 Å². The number of hydrogen-bond acceptors (Lipinski definition) is 6. The number of aromatic nitrogens is 3. The maximum absolute atomic E-state index is 12.5. The Labute approximate surface area is 157 Å². The largest absolute Gasteiger partial charge is 0.376 e. The molecule has 0 spiro atoms. The number of fused-ring (bicyclic) bond motifs is 1. The molecule has 2 aliphatic rings. The Kier molecular flexibility index (Phi) is 4.89. The summed E-state index contributed by atoms with van der Waals surface area (Å²) >= 11 is 0. The summed E-state index contributed by atoms with van der Waals surface area (Å²) in [4.78, 5) is 35.5. The molecule has 4 rings (SSSR count). The van der Waals surface area contributed by atoms with Crippen LogP contribution in [0, 0.1) is 0 Å². The maximum atomic E-state index is 12.5. The van der Waals surface area contributed by atoms with E-state index in [1.54, 1.807) is 19.3 Å². The Morgan fingerprint density at radius 3 is 3.15 bits per heavy atom. The van der Waals surface area contributed by atoms with Crippen LogP contribution in [0.25, 0.3) is 0 Å². The highest BCUT2D eigenvalue weighted by molar-refractivity contribution is 5.94. The van der Waals surface area contributed by atoms with Crippen molar-refractivity contribution in [1.82, 2.24) is 19.9 Å². The van der Waals surface area contributed by atoms with E-state index in [-0.39, 0.29) is 17.5 Å². The van der Waals surface area contributed by atoms with Crippen LogP contribution in [0.15, 0.2) is 29.3 Å². The van der Waals surface area contributed by atoms with Crippen molar-refractivity contribution in [2.24, 2.45) is 7.05 Å². The fourth-order valence-corrected chi connectivity index (χ4v) is 3.51. The molecule has 0 bridgehead atoms. The first-order chi connectivity index (χ1) is 13.1. The zero-order chi connectivity index (χ0) is 18.8. The fourth-order valence-electron chi connectivity index (χ4n) is 3.51. The van der Waals surface area contributed by atoms with E-state index < -0.39 is 0 Å². The lowest BCUT2D eigenvalue weighted by Gasteiger charge is -2.33. The molecule has 1 amide bonds. The van der Waals surface area contributed by atoms with Crippen molar-refractivity contribution in [3.05, 3.63) is 51.7 Å². The maximum Gasteiger partial charge on any atom is 0.251 e. The third-order valence-electron chi connectivity index (χ3n) is 5.09. The monoisotopic (exact) mass is 369 g/mol. The van der Waals surface area contributed by atoms with Crippen LogP contribution in [0.5, 0.6) is 0 Å². The van der Waals surface area contributed by atoms with Crippen molar-refractivity contribution in [3.63, 3.8) is 0 Å². The molecule has 8 heteroatoms. The van der Waals surface area contributed by atoms with Gasteiger partial charge in [0.1, 0.15) is 0 Å². The number of piperidine rings is 1. The number of amides is 1. The van der Waals surface area contributed by atoms with Crippen LogP contribution < -0.4 is 15.8 Å². The van der Waals surface area contributed by atoms with E-state index in [1.165, 1.54) is 10.6 Å². The topological polar surface area (TPSA) is 89.3 Å². The predicted octanol–water partition coefficient (Wildman–Crippen LogP) is 0.647. The van der Waals surface area contributed by atoms with Crippen LogP contribution in [0.4, 0.5) is 5.95 Å². The molecule has 1 saturated heterocycles. The number of ether oxygens (including phenoxy) is 1. The third kappa shape index (κ3) is 3.85. The molecule has 2 aromatic rings. The molecule has 8 nitrogen and oxygen atoms in total. The molecule has 4 heterocycles. The Morgan fingerprint density at radius 1 is 1.41 bits per heavy atom. The summed E-state index contributed by atoms with van der Waals surface area (Å²) in [5.41, 5.74) is 2.30. The van der Waals surface area contributed by atoms with Crippen molar-refractivity contribution in [1.29, 1.82) is 0 Å². The lowest BCUT2D eigenvalue weighted by atomic mass is 10.1. The number of carbonyl (C=O) groups excluding carboxylic acids is 1. The summed E-state index contributed by atoms with van der Waals surface area (Å²) in [5.74, 6) is 0.492. The van der Waals surface area contributed by atoms with Crippen molar-refractivity contribution in [3.8, 4) is 0 Å². The van der Waals surface area contributed by atoms with E-state index in [1.807, 2.05) is 6.20 Å². The van der Waals surface area contributed by atoms with E-state index in [0.717, 1.165) is 37.1 Å². The van der Waals surface area contributed by atoms with Crippen LogP contribution >= 0.6 is 0 Å². The Hall–Kier alpha value is -2.74. The fraction of sp³-hybridized carbons (Fsp3) is 0.474. The molecule has 2 aromatic heterocycles. The van der Waals surface area contributed by atoms with Gasteiger partial charge in [-0.05, 0) is 18.9 Å².